The molecule has 1 N–H and O–H groups in total. The van der Waals surface area contributed by atoms with E-state index in [4.69, 9.17) is 4.42 Å². The van der Waals surface area contributed by atoms with Crippen LogP contribution in [0.5, 0.6) is 0 Å². The molecule has 24 heavy (non-hydrogen) atoms. The van der Waals surface area contributed by atoms with Gasteiger partial charge in [0.25, 0.3) is 5.91 Å². The van der Waals surface area contributed by atoms with Crippen LogP contribution in [-0.4, -0.2) is 38.3 Å². The summed E-state index contributed by atoms with van der Waals surface area (Å²) in [5.74, 6) is 2.33. The predicted molar refractivity (Wildman–Crippen MR) is 89.8 cm³/mol. The smallest absolute Gasteiger partial charge is 0.257 e. The number of oxazole rings is 1. The van der Waals surface area contributed by atoms with Crippen LogP contribution >= 0.6 is 0 Å². The monoisotopic (exact) mass is 329 g/mol. The van der Waals surface area contributed by atoms with Crippen LogP contribution in [0.2, 0.25) is 0 Å². The molecule has 1 aliphatic rings. The molecule has 0 radical (unpaired) electrons. The lowest BCUT2D eigenvalue weighted by Crippen LogP contribution is -2.36. The van der Waals surface area contributed by atoms with E-state index in [0.717, 1.165) is 17.3 Å². The van der Waals surface area contributed by atoms with E-state index in [-0.39, 0.29) is 17.9 Å². The van der Waals surface area contributed by atoms with Crippen LogP contribution in [0.4, 0.5) is 5.95 Å². The highest BCUT2D eigenvalue weighted by molar-refractivity contribution is 5.93. The van der Waals surface area contributed by atoms with E-state index in [1.807, 2.05) is 27.7 Å². The Morgan fingerprint density at radius 1 is 1.25 bits per heavy atom. The molecule has 2 aromatic rings. The molecule has 3 rings (SSSR count). The molecular formula is C17H23N5O2. The molecule has 0 fully saturated rings. The Bertz CT molecular complexity index is 721. The molecule has 0 saturated carbocycles. The lowest BCUT2D eigenvalue weighted by molar-refractivity contribution is 0.0727. The van der Waals surface area contributed by atoms with Gasteiger partial charge in [-0.1, -0.05) is 13.8 Å². The SMILES string of the molecule is CC(C)Nc1ncc(C(=O)N2CCc3oc(C(C)C)nc3C2)cn1. The van der Waals surface area contributed by atoms with Crippen molar-refractivity contribution in [2.45, 2.75) is 52.6 Å². The quantitative estimate of drug-likeness (QED) is 0.928. The predicted octanol–water partition coefficient (Wildman–Crippen LogP) is 2.61. The maximum absolute atomic E-state index is 12.7. The Kier molecular flexibility index (Phi) is 4.51. The summed E-state index contributed by atoms with van der Waals surface area (Å²) in [6.07, 6.45) is 3.82. The fourth-order valence-electron chi connectivity index (χ4n) is 2.59. The number of amides is 1. The first kappa shape index (κ1) is 16.4. The largest absolute Gasteiger partial charge is 0.445 e. The summed E-state index contributed by atoms with van der Waals surface area (Å²) in [4.78, 5) is 27.3. The van der Waals surface area contributed by atoms with E-state index < -0.39 is 0 Å². The van der Waals surface area contributed by atoms with Gasteiger partial charge in [0.2, 0.25) is 5.95 Å². The Labute approximate surface area is 141 Å². The molecule has 0 aliphatic carbocycles. The van der Waals surface area contributed by atoms with Crippen molar-refractivity contribution in [3.63, 3.8) is 0 Å². The van der Waals surface area contributed by atoms with Crippen molar-refractivity contribution < 1.29 is 9.21 Å². The standard InChI is InChI=1S/C17H23N5O2/c1-10(2)15-21-13-9-22(6-5-14(13)24-15)16(23)12-7-18-17(19-8-12)20-11(3)4/h7-8,10-11H,5-6,9H2,1-4H3,(H,18,19,20). The fourth-order valence-corrected chi connectivity index (χ4v) is 2.59. The minimum absolute atomic E-state index is 0.0779. The minimum Gasteiger partial charge on any atom is -0.445 e. The molecule has 0 saturated heterocycles. The lowest BCUT2D eigenvalue weighted by atomic mass is 10.1. The second-order valence-electron chi connectivity index (χ2n) is 6.65. The van der Waals surface area contributed by atoms with Gasteiger partial charge in [-0.25, -0.2) is 15.0 Å². The van der Waals surface area contributed by atoms with Crippen LogP contribution in [-0.2, 0) is 13.0 Å². The second kappa shape index (κ2) is 6.59. The van der Waals surface area contributed by atoms with E-state index in [1.165, 1.54) is 0 Å². The van der Waals surface area contributed by atoms with Crippen molar-refractivity contribution in [1.82, 2.24) is 19.9 Å². The average molecular weight is 329 g/mol. The molecule has 1 amide bonds. The molecule has 0 bridgehead atoms. The first-order chi connectivity index (χ1) is 11.4. The molecule has 7 nitrogen and oxygen atoms in total. The molecule has 1 aliphatic heterocycles. The molecule has 7 heteroatoms. The van der Waals surface area contributed by atoms with Crippen molar-refractivity contribution >= 4 is 11.9 Å². The number of carbonyl (C=O) groups is 1. The van der Waals surface area contributed by atoms with Crippen LogP contribution < -0.4 is 5.32 Å². The Morgan fingerprint density at radius 2 is 1.96 bits per heavy atom. The number of fused-ring (bicyclic) bond motifs is 1. The van der Waals surface area contributed by atoms with Gasteiger partial charge in [0.15, 0.2) is 5.89 Å². The summed E-state index contributed by atoms with van der Waals surface area (Å²) >= 11 is 0. The van der Waals surface area contributed by atoms with Crippen LogP contribution in [0, 0.1) is 0 Å². The number of hydrogen-bond acceptors (Lipinski definition) is 6. The number of anilines is 1. The van der Waals surface area contributed by atoms with Crippen LogP contribution in [0.15, 0.2) is 16.8 Å². The van der Waals surface area contributed by atoms with Gasteiger partial charge in [-0.15, -0.1) is 0 Å². The fraction of sp³-hybridized carbons (Fsp3) is 0.529. The maximum atomic E-state index is 12.7. The number of rotatable bonds is 4. The van der Waals surface area contributed by atoms with E-state index in [0.29, 0.717) is 31.0 Å². The molecule has 0 spiro atoms. The number of aromatic nitrogens is 3. The Hall–Kier alpha value is -2.44. The normalized spacial score (nSPS) is 14.2. The van der Waals surface area contributed by atoms with Gasteiger partial charge in [-0.3, -0.25) is 4.79 Å². The van der Waals surface area contributed by atoms with Crippen molar-refractivity contribution in [1.29, 1.82) is 0 Å². The van der Waals surface area contributed by atoms with Crippen LogP contribution in [0.3, 0.4) is 0 Å². The van der Waals surface area contributed by atoms with Crippen molar-refractivity contribution in [3.8, 4) is 0 Å². The summed E-state index contributed by atoms with van der Waals surface area (Å²) in [5, 5.41) is 3.11. The summed E-state index contributed by atoms with van der Waals surface area (Å²) in [7, 11) is 0. The highest BCUT2D eigenvalue weighted by Gasteiger charge is 2.27. The van der Waals surface area contributed by atoms with E-state index in [2.05, 4.69) is 20.3 Å². The third kappa shape index (κ3) is 3.39. The third-order valence-electron chi connectivity index (χ3n) is 3.84. The highest BCUT2D eigenvalue weighted by Crippen LogP contribution is 2.24. The van der Waals surface area contributed by atoms with Gasteiger partial charge >= 0.3 is 0 Å². The number of nitrogens with zero attached hydrogens (tertiary/aromatic N) is 4. The zero-order valence-corrected chi connectivity index (χ0v) is 14.5. The summed E-state index contributed by atoms with van der Waals surface area (Å²) in [6, 6.07) is 0.245. The molecule has 128 valence electrons. The molecule has 0 unspecified atom stereocenters. The van der Waals surface area contributed by atoms with E-state index in [1.54, 1.807) is 17.3 Å². The number of carbonyl (C=O) groups excluding carboxylic acids is 1. The van der Waals surface area contributed by atoms with Gasteiger partial charge in [-0.2, -0.15) is 0 Å². The highest BCUT2D eigenvalue weighted by atomic mass is 16.4. The molecule has 2 aromatic heterocycles. The van der Waals surface area contributed by atoms with E-state index >= 15 is 0 Å². The average Bonchev–Trinajstić information content (AvgIpc) is 2.98. The maximum Gasteiger partial charge on any atom is 0.257 e. The zero-order valence-electron chi connectivity index (χ0n) is 14.5. The van der Waals surface area contributed by atoms with Gasteiger partial charge in [0.1, 0.15) is 11.5 Å². The summed E-state index contributed by atoms with van der Waals surface area (Å²) in [6.45, 7) is 9.20. The minimum atomic E-state index is -0.0779. The van der Waals surface area contributed by atoms with Crippen molar-refractivity contribution in [2.75, 3.05) is 11.9 Å². The van der Waals surface area contributed by atoms with Crippen LogP contribution in [0.25, 0.3) is 0 Å². The number of nitrogens with one attached hydrogen (secondary N) is 1. The van der Waals surface area contributed by atoms with Crippen LogP contribution in [0.1, 0.15) is 61.3 Å². The first-order valence-corrected chi connectivity index (χ1v) is 8.30. The van der Waals surface area contributed by atoms with Crippen molar-refractivity contribution in [2.24, 2.45) is 0 Å². The van der Waals surface area contributed by atoms with Crippen molar-refractivity contribution in [3.05, 3.63) is 35.3 Å². The molecular weight excluding hydrogens is 306 g/mol. The topological polar surface area (TPSA) is 84.2 Å². The van der Waals surface area contributed by atoms with Gasteiger partial charge in [-0.05, 0) is 13.8 Å². The Balaban J connectivity index is 1.71. The lowest BCUT2D eigenvalue weighted by Gasteiger charge is -2.25. The third-order valence-corrected chi connectivity index (χ3v) is 3.84. The molecule has 3 heterocycles. The van der Waals surface area contributed by atoms with Gasteiger partial charge in [0, 0.05) is 37.3 Å². The second-order valence-corrected chi connectivity index (χ2v) is 6.65. The molecule has 0 atom stereocenters. The summed E-state index contributed by atoms with van der Waals surface area (Å²) < 4.78 is 5.77. The molecule has 0 aromatic carbocycles. The first-order valence-electron chi connectivity index (χ1n) is 8.30. The summed E-state index contributed by atoms with van der Waals surface area (Å²) in [5.41, 5.74) is 1.35. The zero-order chi connectivity index (χ0) is 17.3. The van der Waals surface area contributed by atoms with Gasteiger partial charge < -0.3 is 14.6 Å². The Morgan fingerprint density at radius 3 is 2.58 bits per heavy atom. The van der Waals surface area contributed by atoms with E-state index in [9.17, 15) is 4.79 Å². The number of hydrogen-bond donors (Lipinski definition) is 1. The van der Waals surface area contributed by atoms with Gasteiger partial charge in [0.05, 0.1) is 12.1 Å².